The standard InChI is InChI=1S/C70H43F7N4/c1-40-25-68(57-24-20-52(74)33-65(57)76)79-37-62(40)54-21-17-49(71)30-58(54)46-27-47(59-31-50(72)18-22-55(59)63-38-80-69(26-41(63)2)70-66(77)34-53(75)36-81-70)29-48(28-46)60-32-51(73)19-23-56(60)64-39-78-67(45-11-7-4-8-12-45)35-61(64)44-15-13-43(14-16-44)42-9-5-3-6-10-42/h3-39H,1-2H3. The molecule has 4 heterocycles. The third-order valence-electron chi connectivity index (χ3n) is 14.4. The van der Waals surface area contributed by atoms with Crippen LogP contribution in [0.4, 0.5) is 30.7 Å². The average Bonchev–Trinajstić information content (AvgIpc) is 3.48. The van der Waals surface area contributed by atoms with Crippen molar-refractivity contribution in [2.24, 2.45) is 0 Å². The molecule has 0 bridgehead atoms. The Labute approximate surface area is 462 Å². The summed E-state index contributed by atoms with van der Waals surface area (Å²) in [7, 11) is 0. The second kappa shape index (κ2) is 21.6. The number of hydrogen-bond donors (Lipinski definition) is 0. The van der Waals surface area contributed by atoms with Crippen LogP contribution in [0.25, 0.3) is 123 Å². The zero-order valence-corrected chi connectivity index (χ0v) is 43.3. The molecule has 0 spiro atoms. The van der Waals surface area contributed by atoms with Gasteiger partial charge in [-0.1, -0.05) is 103 Å². The molecule has 81 heavy (non-hydrogen) atoms. The molecule has 0 saturated heterocycles. The molecule has 0 unspecified atom stereocenters. The molecule has 0 atom stereocenters. The van der Waals surface area contributed by atoms with E-state index in [1.54, 1.807) is 62.6 Å². The number of hydrogen-bond acceptors (Lipinski definition) is 4. The third kappa shape index (κ3) is 10.4. The molecule has 11 heteroatoms. The number of aromatic nitrogens is 4. The SMILES string of the molecule is Cc1cc(-c2ccc(F)cc2F)ncc1-c1ccc(F)cc1-c1cc(-c2cc(F)ccc2-c2cnc(-c3ncc(F)cc3F)cc2C)cc(-c2cc(F)ccc2-c2cnc(-c3ccccc3)cc2-c2ccc(-c3ccccc3)cc2)c1. The van der Waals surface area contributed by atoms with E-state index in [0.29, 0.717) is 83.6 Å². The highest BCUT2D eigenvalue weighted by Gasteiger charge is 2.23. The van der Waals surface area contributed by atoms with Crippen molar-refractivity contribution in [1.82, 2.24) is 19.9 Å². The van der Waals surface area contributed by atoms with E-state index in [1.165, 1.54) is 48.7 Å². The minimum absolute atomic E-state index is 0.0937. The van der Waals surface area contributed by atoms with Crippen molar-refractivity contribution in [3.05, 3.63) is 277 Å². The molecule has 0 aliphatic heterocycles. The minimum atomic E-state index is -0.894. The quantitative estimate of drug-likeness (QED) is 0.121. The molecule has 12 aromatic rings. The van der Waals surface area contributed by atoms with Gasteiger partial charge < -0.3 is 0 Å². The number of nitrogens with zero attached hydrogens (tertiary/aromatic N) is 4. The predicted molar refractivity (Wildman–Crippen MR) is 307 cm³/mol. The van der Waals surface area contributed by atoms with Gasteiger partial charge in [0.1, 0.15) is 40.6 Å². The van der Waals surface area contributed by atoms with Crippen LogP contribution >= 0.6 is 0 Å². The molecule has 8 aromatic carbocycles. The van der Waals surface area contributed by atoms with Crippen molar-refractivity contribution in [2.75, 3.05) is 0 Å². The monoisotopic (exact) mass is 1070 g/mol. The van der Waals surface area contributed by atoms with E-state index >= 15 is 22.0 Å². The van der Waals surface area contributed by atoms with Crippen LogP contribution in [-0.2, 0) is 0 Å². The fourth-order valence-corrected chi connectivity index (χ4v) is 10.5. The van der Waals surface area contributed by atoms with Crippen LogP contribution in [-0.4, -0.2) is 19.9 Å². The van der Waals surface area contributed by atoms with Crippen LogP contribution in [0.15, 0.2) is 225 Å². The molecule has 0 saturated carbocycles. The Kier molecular flexibility index (Phi) is 13.8. The highest BCUT2D eigenvalue weighted by atomic mass is 19.2. The van der Waals surface area contributed by atoms with E-state index < -0.39 is 40.7 Å². The average molecular weight is 1070 g/mol. The Bertz CT molecular complexity index is 4230. The molecule has 0 N–H and O–H groups in total. The Morgan fingerprint density at radius 3 is 1.16 bits per heavy atom. The first kappa shape index (κ1) is 51.6. The first-order chi connectivity index (χ1) is 39.3. The van der Waals surface area contributed by atoms with E-state index in [2.05, 4.69) is 27.1 Å². The van der Waals surface area contributed by atoms with Crippen LogP contribution in [0.3, 0.4) is 0 Å². The molecular weight excluding hydrogens is 1030 g/mol. The van der Waals surface area contributed by atoms with Crippen molar-refractivity contribution in [2.45, 2.75) is 13.8 Å². The van der Waals surface area contributed by atoms with Crippen molar-refractivity contribution in [3.8, 4) is 123 Å². The van der Waals surface area contributed by atoms with Crippen LogP contribution < -0.4 is 0 Å². The van der Waals surface area contributed by atoms with Gasteiger partial charge in [0.05, 0.1) is 23.3 Å². The maximum Gasteiger partial charge on any atom is 0.153 e. The Balaban J connectivity index is 1.08. The molecule has 4 nitrogen and oxygen atoms in total. The van der Waals surface area contributed by atoms with Gasteiger partial charge in [-0.25, -0.2) is 35.7 Å². The Morgan fingerprint density at radius 1 is 0.235 bits per heavy atom. The smallest absolute Gasteiger partial charge is 0.153 e. The summed E-state index contributed by atoms with van der Waals surface area (Å²) in [6, 6.07) is 55.9. The Hall–Kier alpha value is -10.1. The molecule has 0 aliphatic rings. The normalized spacial score (nSPS) is 11.3. The van der Waals surface area contributed by atoms with Gasteiger partial charge in [0, 0.05) is 58.5 Å². The minimum Gasteiger partial charge on any atom is -0.256 e. The van der Waals surface area contributed by atoms with E-state index in [4.69, 9.17) is 4.98 Å². The first-order valence-corrected chi connectivity index (χ1v) is 25.8. The van der Waals surface area contributed by atoms with Gasteiger partial charge in [-0.2, -0.15) is 0 Å². The lowest BCUT2D eigenvalue weighted by molar-refractivity contribution is 0.575. The van der Waals surface area contributed by atoms with Crippen molar-refractivity contribution >= 4 is 0 Å². The summed E-state index contributed by atoms with van der Waals surface area (Å²) < 4.78 is 106. The summed E-state index contributed by atoms with van der Waals surface area (Å²) in [4.78, 5) is 18.1. The van der Waals surface area contributed by atoms with E-state index in [1.807, 2.05) is 91.0 Å². The highest BCUT2D eigenvalue weighted by molar-refractivity contribution is 5.97. The summed E-state index contributed by atoms with van der Waals surface area (Å²) in [6.45, 7) is 3.59. The number of aryl methyl sites for hydroxylation is 2. The van der Waals surface area contributed by atoms with Gasteiger partial charge in [0.25, 0.3) is 0 Å². The van der Waals surface area contributed by atoms with E-state index in [0.717, 1.165) is 52.2 Å². The van der Waals surface area contributed by atoms with Gasteiger partial charge in [-0.3, -0.25) is 15.0 Å². The van der Waals surface area contributed by atoms with Gasteiger partial charge in [-0.15, -0.1) is 0 Å². The highest BCUT2D eigenvalue weighted by Crippen LogP contribution is 2.46. The summed E-state index contributed by atoms with van der Waals surface area (Å²) in [5.41, 5.74) is 13.0. The van der Waals surface area contributed by atoms with Crippen LogP contribution in [0.2, 0.25) is 0 Å². The first-order valence-electron chi connectivity index (χ1n) is 25.8. The maximum absolute atomic E-state index is 16.3. The molecular formula is C70H43F7N4. The second-order valence-corrected chi connectivity index (χ2v) is 19.7. The van der Waals surface area contributed by atoms with Crippen LogP contribution in [0.1, 0.15) is 11.1 Å². The zero-order chi connectivity index (χ0) is 55.9. The lowest BCUT2D eigenvalue weighted by atomic mass is 9.84. The molecule has 392 valence electrons. The Morgan fingerprint density at radius 2 is 0.642 bits per heavy atom. The fourth-order valence-electron chi connectivity index (χ4n) is 10.5. The van der Waals surface area contributed by atoms with Crippen molar-refractivity contribution in [1.29, 1.82) is 0 Å². The summed E-state index contributed by atoms with van der Waals surface area (Å²) in [5.74, 6) is -4.95. The summed E-state index contributed by atoms with van der Waals surface area (Å²) in [5, 5.41) is 0. The molecule has 0 aliphatic carbocycles. The number of benzene rings is 8. The van der Waals surface area contributed by atoms with Crippen molar-refractivity contribution in [3.63, 3.8) is 0 Å². The van der Waals surface area contributed by atoms with Crippen LogP contribution in [0.5, 0.6) is 0 Å². The zero-order valence-electron chi connectivity index (χ0n) is 43.3. The van der Waals surface area contributed by atoms with Crippen molar-refractivity contribution < 1.29 is 30.7 Å². The van der Waals surface area contributed by atoms with Gasteiger partial charge in [0.15, 0.2) is 5.82 Å². The fraction of sp³-hybridized carbons (Fsp3) is 0.0286. The molecule has 0 amide bonds. The number of halogens is 7. The summed E-state index contributed by atoms with van der Waals surface area (Å²) >= 11 is 0. The molecule has 4 aromatic heterocycles. The predicted octanol–water partition coefficient (Wildman–Crippen LogP) is 19.2. The largest absolute Gasteiger partial charge is 0.256 e. The van der Waals surface area contributed by atoms with E-state index in [-0.39, 0.29) is 22.6 Å². The molecule has 0 fully saturated rings. The van der Waals surface area contributed by atoms with E-state index in [9.17, 15) is 8.78 Å². The second-order valence-electron chi connectivity index (χ2n) is 19.7. The summed E-state index contributed by atoms with van der Waals surface area (Å²) in [6.07, 6.45) is 5.76. The van der Waals surface area contributed by atoms with Gasteiger partial charge in [-0.05, 0) is 182 Å². The van der Waals surface area contributed by atoms with Gasteiger partial charge in [0.2, 0.25) is 0 Å². The lowest BCUT2D eigenvalue weighted by Gasteiger charge is -2.20. The lowest BCUT2D eigenvalue weighted by Crippen LogP contribution is -1.98. The third-order valence-corrected chi connectivity index (χ3v) is 14.4. The van der Waals surface area contributed by atoms with Crippen LogP contribution in [0, 0.1) is 54.6 Å². The topological polar surface area (TPSA) is 51.6 Å². The number of rotatable bonds is 11. The van der Waals surface area contributed by atoms with Gasteiger partial charge >= 0.3 is 0 Å². The number of pyridine rings is 4. The molecule has 12 rings (SSSR count). The molecule has 0 radical (unpaired) electrons. The maximum atomic E-state index is 16.3.